The summed E-state index contributed by atoms with van der Waals surface area (Å²) in [7, 11) is 0. The van der Waals surface area contributed by atoms with Crippen LogP contribution in [-0.2, 0) is 13.0 Å². The number of hydrogen-bond acceptors (Lipinski definition) is 3. The van der Waals surface area contributed by atoms with Crippen LogP contribution in [0.3, 0.4) is 0 Å². The molecule has 2 rings (SSSR count). The Labute approximate surface area is 122 Å². The average Bonchev–Trinajstić information content (AvgIpc) is 2.79. The number of aromatic nitrogens is 2. The van der Waals surface area contributed by atoms with Crippen molar-refractivity contribution in [2.75, 3.05) is 0 Å². The van der Waals surface area contributed by atoms with Crippen LogP contribution in [0.15, 0.2) is 24.3 Å². The van der Waals surface area contributed by atoms with Crippen molar-refractivity contribution in [2.24, 2.45) is 5.84 Å². The van der Waals surface area contributed by atoms with Gasteiger partial charge in [0.15, 0.2) is 0 Å². The molecule has 1 aromatic heterocycles. The van der Waals surface area contributed by atoms with Crippen molar-refractivity contribution in [1.82, 2.24) is 15.2 Å². The summed E-state index contributed by atoms with van der Waals surface area (Å²) in [5.41, 5.74) is 5.06. The third-order valence-electron chi connectivity index (χ3n) is 3.23. The van der Waals surface area contributed by atoms with E-state index in [1.807, 2.05) is 24.6 Å². The summed E-state index contributed by atoms with van der Waals surface area (Å²) in [5, 5.41) is 4.87. The van der Waals surface area contributed by atoms with Gasteiger partial charge in [-0.05, 0) is 38.1 Å². The van der Waals surface area contributed by atoms with Gasteiger partial charge in [-0.15, -0.1) is 0 Å². The van der Waals surface area contributed by atoms with Gasteiger partial charge in [0.2, 0.25) is 0 Å². The molecule has 4 nitrogen and oxygen atoms in total. The second-order valence-corrected chi connectivity index (χ2v) is 5.12. The van der Waals surface area contributed by atoms with Crippen molar-refractivity contribution >= 4 is 11.6 Å². The Morgan fingerprint density at radius 1 is 1.45 bits per heavy atom. The van der Waals surface area contributed by atoms with E-state index in [1.54, 1.807) is 6.07 Å². The summed E-state index contributed by atoms with van der Waals surface area (Å²) in [5.74, 6) is 5.26. The van der Waals surface area contributed by atoms with Crippen LogP contribution >= 0.6 is 11.6 Å². The molecule has 0 saturated carbocycles. The smallest absolute Gasteiger partial charge is 0.128 e. The predicted octanol–water partition coefficient (Wildman–Crippen LogP) is 2.75. The Balaban J connectivity index is 2.30. The molecule has 1 unspecified atom stereocenters. The second-order valence-electron chi connectivity index (χ2n) is 4.68. The number of nitrogens with zero attached hydrogens (tertiary/aromatic N) is 2. The van der Waals surface area contributed by atoms with Crippen LogP contribution in [0.5, 0.6) is 0 Å². The van der Waals surface area contributed by atoms with Crippen molar-refractivity contribution in [2.45, 2.75) is 32.9 Å². The molecule has 2 aromatic rings. The highest BCUT2D eigenvalue weighted by atomic mass is 35.5. The summed E-state index contributed by atoms with van der Waals surface area (Å²) >= 11 is 5.93. The van der Waals surface area contributed by atoms with Crippen LogP contribution in [0.2, 0.25) is 5.02 Å². The van der Waals surface area contributed by atoms with Gasteiger partial charge >= 0.3 is 0 Å². The highest BCUT2D eigenvalue weighted by Crippen LogP contribution is 2.24. The number of nitrogens with two attached hydrogens (primary N) is 1. The van der Waals surface area contributed by atoms with Gasteiger partial charge in [-0.1, -0.05) is 11.6 Å². The van der Waals surface area contributed by atoms with Gasteiger partial charge < -0.3 is 0 Å². The van der Waals surface area contributed by atoms with Gasteiger partial charge in [-0.3, -0.25) is 16.0 Å². The minimum absolute atomic E-state index is 0.323. The van der Waals surface area contributed by atoms with Crippen molar-refractivity contribution < 1.29 is 4.39 Å². The molecule has 1 heterocycles. The number of rotatable bonds is 5. The fourth-order valence-electron chi connectivity index (χ4n) is 2.29. The number of benzene rings is 1. The molecule has 108 valence electrons. The molecule has 1 aromatic carbocycles. The van der Waals surface area contributed by atoms with E-state index in [0.29, 0.717) is 17.0 Å². The van der Waals surface area contributed by atoms with Crippen LogP contribution in [0.4, 0.5) is 4.39 Å². The number of hydrogen-bond donors (Lipinski definition) is 2. The third-order valence-corrected chi connectivity index (χ3v) is 3.47. The molecule has 1 atom stereocenters. The van der Waals surface area contributed by atoms with E-state index < -0.39 is 0 Å². The molecule has 0 fully saturated rings. The molecule has 0 aliphatic carbocycles. The number of hydrazine groups is 1. The van der Waals surface area contributed by atoms with Crippen molar-refractivity contribution in [3.8, 4) is 0 Å². The van der Waals surface area contributed by atoms with Crippen LogP contribution in [0, 0.1) is 12.7 Å². The van der Waals surface area contributed by atoms with Gasteiger partial charge in [-0.2, -0.15) is 5.10 Å². The molecule has 0 bridgehead atoms. The summed E-state index contributed by atoms with van der Waals surface area (Å²) < 4.78 is 15.8. The standard InChI is InChI=1S/C14H18ClFN4/c1-3-20-11(6-9(2)19-20)8-14(18-17)12-7-10(15)4-5-13(12)16/h4-7,14,18H,3,8,17H2,1-2H3. The fraction of sp³-hybridized carbons (Fsp3) is 0.357. The summed E-state index contributed by atoms with van der Waals surface area (Å²) in [6, 6.07) is 6.10. The van der Waals surface area contributed by atoms with E-state index in [0.717, 1.165) is 17.9 Å². The molecule has 6 heteroatoms. The molecular weight excluding hydrogens is 279 g/mol. The first-order chi connectivity index (χ1) is 9.55. The second kappa shape index (κ2) is 6.35. The van der Waals surface area contributed by atoms with Crippen molar-refractivity contribution in [3.05, 3.63) is 52.1 Å². The van der Waals surface area contributed by atoms with Crippen LogP contribution in [-0.4, -0.2) is 9.78 Å². The number of aryl methyl sites for hydroxylation is 2. The van der Waals surface area contributed by atoms with Crippen molar-refractivity contribution in [1.29, 1.82) is 0 Å². The molecule has 3 N–H and O–H groups in total. The lowest BCUT2D eigenvalue weighted by atomic mass is 10.0. The molecule has 0 amide bonds. The predicted molar refractivity (Wildman–Crippen MR) is 77.8 cm³/mol. The van der Waals surface area contributed by atoms with Gasteiger partial charge in [0.1, 0.15) is 5.82 Å². The van der Waals surface area contributed by atoms with Crippen LogP contribution in [0.25, 0.3) is 0 Å². The molecule has 0 aliphatic rings. The molecule has 20 heavy (non-hydrogen) atoms. The molecule has 0 aliphatic heterocycles. The zero-order chi connectivity index (χ0) is 14.7. The zero-order valence-electron chi connectivity index (χ0n) is 11.5. The SMILES string of the molecule is CCn1nc(C)cc1CC(NN)c1cc(Cl)ccc1F. The number of nitrogens with one attached hydrogen (secondary N) is 1. The van der Waals surface area contributed by atoms with Gasteiger partial charge in [0.25, 0.3) is 0 Å². The summed E-state index contributed by atoms with van der Waals surface area (Å²) in [4.78, 5) is 0. The third kappa shape index (κ3) is 3.17. The van der Waals surface area contributed by atoms with E-state index in [4.69, 9.17) is 17.4 Å². The number of halogens is 2. The van der Waals surface area contributed by atoms with E-state index in [2.05, 4.69) is 10.5 Å². The first kappa shape index (κ1) is 15.0. The summed E-state index contributed by atoms with van der Waals surface area (Å²) in [6.07, 6.45) is 0.544. The van der Waals surface area contributed by atoms with E-state index in [-0.39, 0.29) is 11.9 Å². The lowest BCUT2D eigenvalue weighted by molar-refractivity contribution is 0.490. The minimum Gasteiger partial charge on any atom is -0.271 e. The average molecular weight is 297 g/mol. The minimum atomic E-state index is -0.352. The quantitative estimate of drug-likeness (QED) is 0.659. The Kier molecular flexibility index (Phi) is 4.75. The van der Waals surface area contributed by atoms with E-state index in [1.165, 1.54) is 12.1 Å². The maximum atomic E-state index is 13.9. The van der Waals surface area contributed by atoms with Crippen LogP contribution < -0.4 is 11.3 Å². The van der Waals surface area contributed by atoms with Gasteiger partial charge in [-0.25, -0.2) is 4.39 Å². The first-order valence-corrected chi connectivity index (χ1v) is 6.87. The Morgan fingerprint density at radius 3 is 2.85 bits per heavy atom. The molecule has 0 spiro atoms. The van der Waals surface area contributed by atoms with E-state index in [9.17, 15) is 4.39 Å². The Bertz CT molecular complexity index is 597. The monoisotopic (exact) mass is 296 g/mol. The molecule has 0 saturated heterocycles. The Morgan fingerprint density at radius 2 is 2.20 bits per heavy atom. The maximum absolute atomic E-state index is 13.9. The largest absolute Gasteiger partial charge is 0.271 e. The van der Waals surface area contributed by atoms with E-state index >= 15 is 0 Å². The Hall–Kier alpha value is -1.43. The topological polar surface area (TPSA) is 55.9 Å². The zero-order valence-corrected chi connectivity index (χ0v) is 12.3. The van der Waals surface area contributed by atoms with Gasteiger partial charge in [0.05, 0.1) is 11.7 Å². The molecule has 0 radical (unpaired) electrons. The lowest BCUT2D eigenvalue weighted by Gasteiger charge is -2.18. The van der Waals surface area contributed by atoms with Crippen LogP contribution in [0.1, 0.15) is 29.9 Å². The molecular formula is C14H18ClFN4. The maximum Gasteiger partial charge on any atom is 0.128 e. The highest BCUT2D eigenvalue weighted by Gasteiger charge is 2.18. The normalized spacial score (nSPS) is 12.7. The first-order valence-electron chi connectivity index (χ1n) is 6.49. The fourth-order valence-corrected chi connectivity index (χ4v) is 2.47. The van der Waals surface area contributed by atoms with Crippen molar-refractivity contribution in [3.63, 3.8) is 0 Å². The van der Waals surface area contributed by atoms with Gasteiger partial charge in [0, 0.05) is 29.2 Å². The highest BCUT2D eigenvalue weighted by molar-refractivity contribution is 6.30. The summed E-state index contributed by atoms with van der Waals surface area (Å²) in [6.45, 7) is 4.71. The lowest BCUT2D eigenvalue weighted by Crippen LogP contribution is -2.31.